The molecule has 1 amide bonds. The monoisotopic (exact) mass is 284 g/mol. The van der Waals surface area contributed by atoms with Crippen molar-refractivity contribution in [2.24, 2.45) is 5.92 Å². The highest BCUT2D eigenvalue weighted by Crippen LogP contribution is 2.27. The summed E-state index contributed by atoms with van der Waals surface area (Å²) in [5, 5.41) is 2.89. The predicted octanol–water partition coefficient (Wildman–Crippen LogP) is 2.80. The third-order valence-electron chi connectivity index (χ3n) is 3.94. The number of anilines is 1. The molecule has 3 nitrogen and oxygen atoms in total. The molecule has 0 saturated heterocycles. The van der Waals surface area contributed by atoms with Gasteiger partial charge in [-0.1, -0.05) is 24.7 Å². The minimum Gasteiger partial charge on any atom is -0.378 e. The van der Waals surface area contributed by atoms with Crippen molar-refractivity contribution >= 4 is 11.6 Å². The summed E-state index contributed by atoms with van der Waals surface area (Å²) in [4.78, 5) is 13.8. The minimum absolute atomic E-state index is 0.138. The van der Waals surface area contributed by atoms with Gasteiger partial charge in [-0.05, 0) is 43.0 Å². The van der Waals surface area contributed by atoms with Crippen molar-refractivity contribution < 1.29 is 4.79 Å². The molecule has 1 fully saturated rings. The van der Waals surface area contributed by atoms with Gasteiger partial charge in [0.05, 0.1) is 6.54 Å². The lowest BCUT2D eigenvalue weighted by Gasteiger charge is -2.11. The largest absolute Gasteiger partial charge is 0.378 e. The van der Waals surface area contributed by atoms with E-state index in [0.717, 1.165) is 11.3 Å². The van der Waals surface area contributed by atoms with Crippen LogP contribution in [0, 0.1) is 17.8 Å². The number of carbonyl (C=O) groups is 1. The minimum atomic E-state index is 0.138. The lowest BCUT2D eigenvalue weighted by Crippen LogP contribution is -2.25. The fourth-order valence-corrected chi connectivity index (χ4v) is 2.68. The molecule has 0 unspecified atom stereocenters. The molecular weight excluding hydrogens is 260 g/mol. The molecule has 1 aliphatic carbocycles. The number of hydrogen-bond acceptors (Lipinski definition) is 2. The summed E-state index contributed by atoms with van der Waals surface area (Å²) in [5.41, 5.74) is 2.14. The van der Waals surface area contributed by atoms with Gasteiger partial charge in [0, 0.05) is 31.8 Å². The van der Waals surface area contributed by atoms with Crippen molar-refractivity contribution in [3.05, 3.63) is 29.8 Å². The first-order chi connectivity index (χ1) is 10.1. The van der Waals surface area contributed by atoms with Gasteiger partial charge in [0.1, 0.15) is 0 Å². The zero-order valence-electron chi connectivity index (χ0n) is 13.0. The van der Waals surface area contributed by atoms with Crippen LogP contribution < -0.4 is 10.2 Å². The van der Waals surface area contributed by atoms with E-state index in [1.807, 2.05) is 38.4 Å². The van der Waals surface area contributed by atoms with Crippen molar-refractivity contribution in [2.45, 2.75) is 32.1 Å². The summed E-state index contributed by atoms with van der Waals surface area (Å²) in [6.45, 7) is 0.432. The first-order valence-corrected chi connectivity index (χ1v) is 7.68. The number of nitrogens with zero attached hydrogens (tertiary/aromatic N) is 1. The van der Waals surface area contributed by atoms with Crippen LogP contribution in [0.5, 0.6) is 0 Å². The molecule has 0 heterocycles. The zero-order chi connectivity index (χ0) is 15.1. The van der Waals surface area contributed by atoms with Gasteiger partial charge >= 0.3 is 0 Å². The van der Waals surface area contributed by atoms with Crippen LogP contribution in [0.3, 0.4) is 0 Å². The average molecular weight is 284 g/mol. The van der Waals surface area contributed by atoms with Gasteiger partial charge in [-0.2, -0.15) is 0 Å². The summed E-state index contributed by atoms with van der Waals surface area (Å²) < 4.78 is 0. The van der Waals surface area contributed by atoms with E-state index in [-0.39, 0.29) is 5.91 Å². The van der Waals surface area contributed by atoms with Crippen LogP contribution in [-0.4, -0.2) is 26.5 Å². The summed E-state index contributed by atoms with van der Waals surface area (Å²) in [6, 6.07) is 8.09. The molecule has 2 rings (SSSR count). The number of nitrogens with one attached hydrogen (secondary N) is 1. The number of carbonyl (C=O) groups excluding carboxylic acids is 1. The predicted molar refractivity (Wildman–Crippen MR) is 87.2 cm³/mol. The van der Waals surface area contributed by atoms with Crippen molar-refractivity contribution in [1.29, 1.82) is 0 Å². The van der Waals surface area contributed by atoms with Crippen LogP contribution >= 0.6 is 0 Å². The maximum Gasteiger partial charge on any atom is 0.221 e. The quantitative estimate of drug-likeness (QED) is 0.862. The Bertz CT molecular complexity index is 516. The topological polar surface area (TPSA) is 32.3 Å². The van der Waals surface area contributed by atoms with E-state index in [0.29, 0.717) is 18.9 Å². The van der Waals surface area contributed by atoms with Gasteiger partial charge < -0.3 is 10.2 Å². The Morgan fingerprint density at radius 3 is 2.52 bits per heavy atom. The molecule has 1 saturated carbocycles. The van der Waals surface area contributed by atoms with Crippen LogP contribution in [-0.2, 0) is 4.79 Å². The molecule has 0 aliphatic heterocycles. The Morgan fingerprint density at radius 2 is 1.90 bits per heavy atom. The number of amides is 1. The van der Waals surface area contributed by atoms with Gasteiger partial charge in [0.15, 0.2) is 0 Å². The second kappa shape index (κ2) is 7.73. The lowest BCUT2D eigenvalue weighted by atomic mass is 10.0. The average Bonchev–Trinajstić information content (AvgIpc) is 2.97. The third-order valence-corrected chi connectivity index (χ3v) is 3.94. The van der Waals surface area contributed by atoms with Crippen molar-refractivity contribution in [2.75, 3.05) is 25.5 Å². The van der Waals surface area contributed by atoms with Crippen molar-refractivity contribution in [3.8, 4) is 11.8 Å². The van der Waals surface area contributed by atoms with Gasteiger partial charge in [-0.3, -0.25) is 4.79 Å². The van der Waals surface area contributed by atoms with Gasteiger partial charge in [0.2, 0.25) is 5.91 Å². The fourth-order valence-electron chi connectivity index (χ4n) is 2.68. The highest BCUT2D eigenvalue weighted by atomic mass is 16.1. The highest BCUT2D eigenvalue weighted by Gasteiger charge is 2.17. The molecule has 0 radical (unpaired) electrons. The second-order valence-corrected chi connectivity index (χ2v) is 5.87. The van der Waals surface area contributed by atoms with Crippen LogP contribution in [0.2, 0.25) is 0 Å². The zero-order valence-corrected chi connectivity index (χ0v) is 13.0. The van der Waals surface area contributed by atoms with E-state index in [1.54, 1.807) is 0 Å². The molecule has 3 heteroatoms. The Labute approximate surface area is 127 Å². The SMILES string of the molecule is CN(C)c1ccc(C#CCNC(=O)CC2CCCC2)cc1. The summed E-state index contributed by atoms with van der Waals surface area (Å²) >= 11 is 0. The first kappa shape index (κ1) is 15.4. The number of rotatable bonds is 4. The van der Waals surface area contributed by atoms with Crippen molar-refractivity contribution in [1.82, 2.24) is 5.32 Å². The van der Waals surface area contributed by atoms with E-state index in [2.05, 4.69) is 22.1 Å². The maximum absolute atomic E-state index is 11.7. The summed E-state index contributed by atoms with van der Waals surface area (Å²) in [5.74, 6) is 6.82. The Kier molecular flexibility index (Phi) is 5.68. The Morgan fingerprint density at radius 1 is 1.24 bits per heavy atom. The third kappa shape index (κ3) is 5.15. The van der Waals surface area contributed by atoms with E-state index in [1.165, 1.54) is 25.7 Å². The number of hydrogen-bond donors (Lipinski definition) is 1. The fraction of sp³-hybridized carbons (Fsp3) is 0.500. The van der Waals surface area contributed by atoms with Gasteiger partial charge in [-0.15, -0.1) is 0 Å². The van der Waals surface area contributed by atoms with Gasteiger partial charge in [0.25, 0.3) is 0 Å². The molecular formula is C18H24N2O. The van der Waals surface area contributed by atoms with E-state index >= 15 is 0 Å². The smallest absolute Gasteiger partial charge is 0.221 e. The molecule has 0 atom stereocenters. The van der Waals surface area contributed by atoms with Crippen LogP contribution in [0.15, 0.2) is 24.3 Å². The first-order valence-electron chi connectivity index (χ1n) is 7.68. The summed E-state index contributed by atoms with van der Waals surface area (Å²) in [7, 11) is 4.03. The van der Waals surface area contributed by atoms with Crippen molar-refractivity contribution in [3.63, 3.8) is 0 Å². The van der Waals surface area contributed by atoms with Crippen LogP contribution in [0.4, 0.5) is 5.69 Å². The molecule has 0 bridgehead atoms. The lowest BCUT2D eigenvalue weighted by molar-refractivity contribution is -0.121. The Balaban J connectivity index is 1.74. The Hall–Kier alpha value is -1.95. The molecule has 21 heavy (non-hydrogen) atoms. The normalized spacial score (nSPS) is 14.4. The van der Waals surface area contributed by atoms with E-state index < -0.39 is 0 Å². The number of benzene rings is 1. The molecule has 112 valence electrons. The van der Waals surface area contributed by atoms with Crippen LogP contribution in [0.1, 0.15) is 37.7 Å². The highest BCUT2D eigenvalue weighted by molar-refractivity contribution is 5.76. The molecule has 1 aliphatic rings. The van der Waals surface area contributed by atoms with E-state index in [9.17, 15) is 4.79 Å². The van der Waals surface area contributed by atoms with Crippen LogP contribution in [0.25, 0.3) is 0 Å². The molecule has 1 N–H and O–H groups in total. The molecule has 0 aromatic heterocycles. The second-order valence-electron chi connectivity index (χ2n) is 5.87. The molecule has 1 aromatic carbocycles. The maximum atomic E-state index is 11.7. The molecule has 0 spiro atoms. The standard InChI is InChI=1S/C18H24N2O/c1-20(2)17-11-9-15(10-12-17)8-5-13-19-18(21)14-16-6-3-4-7-16/h9-12,16H,3-4,6-7,13-14H2,1-2H3,(H,19,21). The summed E-state index contributed by atoms with van der Waals surface area (Å²) in [6.07, 6.45) is 5.63. The van der Waals surface area contributed by atoms with Gasteiger partial charge in [-0.25, -0.2) is 0 Å². The molecule has 1 aromatic rings. The van der Waals surface area contributed by atoms with E-state index in [4.69, 9.17) is 0 Å².